The Bertz CT molecular complexity index is 1090. The third-order valence-electron chi connectivity index (χ3n) is 3.99. The number of hydrogen-bond donors (Lipinski definition) is 1. The third kappa shape index (κ3) is 5.68. The number of hydrogen-bond acceptors (Lipinski definition) is 3. The molecule has 1 N–H and O–H groups in total. The highest BCUT2D eigenvalue weighted by Gasteiger charge is 2.10. The van der Waals surface area contributed by atoms with E-state index in [1.807, 2.05) is 24.3 Å². The van der Waals surface area contributed by atoms with Crippen LogP contribution in [0.1, 0.15) is 11.1 Å². The van der Waals surface area contributed by atoms with Crippen LogP contribution < -0.4 is 10.1 Å². The lowest BCUT2D eigenvalue weighted by atomic mass is 10.1. The van der Waals surface area contributed by atoms with Gasteiger partial charge in [-0.3, -0.25) is 4.79 Å². The van der Waals surface area contributed by atoms with Crippen molar-refractivity contribution in [1.29, 1.82) is 5.26 Å². The maximum atomic E-state index is 13.0. The number of anilines is 1. The minimum Gasteiger partial charge on any atom is -0.489 e. The summed E-state index contributed by atoms with van der Waals surface area (Å²) >= 11 is 6.13. The molecule has 3 aromatic rings. The summed E-state index contributed by atoms with van der Waals surface area (Å²) in [6.45, 7) is 0.295. The molecule has 0 saturated carbocycles. The second-order valence-corrected chi connectivity index (χ2v) is 6.49. The first kappa shape index (κ1) is 20.1. The molecule has 3 rings (SSSR count). The molecule has 144 valence electrons. The SMILES string of the molecule is N#CC(=Cc1cccc(OCc2ccccc2Cl)c1)C(=O)Nc1ccc(F)cc1. The number of halogens is 2. The van der Waals surface area contributed by atoms with Crippen LogP contribution in [0.15, 0.2) is 78.4 Å². The van der Waals surface area contributed by atoms with E-state index in [4.69, 9.17) is 16.3 Å². The first-order chi connectivity index (χ1) is 14.0. The molecular weight excluding hydrogens is 391 g/mol. The molecule has 0 atom stereocenters. The van der Waals surface area contributed by atoms with E-state index in [1.54, 1.807) is 30.3 Å². The van der Waals surface area contributed by atoms with Crippen LogP contribution in [0.3, 0.4) is 0 Å². The molecule has 3 aromatic carbocycles. The number of carbonyl (C=O) groups is 1. The lowest BCUT2D eigenvalue weighted by Crippen LogP contribution is -2.13. The second-order valence-electron chi connectivity index (χ2n) is 6.08. The molecule has 0 aliphatic rings. The maximum absolute atomic E-state index is 13.0. The Morgan fingerprint density at radius 3 is 2.59 bits per heavy atom. The van der Waals surface area contributed by atoms with Gasteiger partial charge in [-0.15, -0.1) is 0 Å². The molecule has 0 spiro atoms. The zero-order chi connectivity index (χ0) is 20.6. The van der Waals surface area contributed by atoms with Crippen molar-refractivity contribution in [3.63, 3.8) is 0 Å². The molecule has 0 aliphatic carbocycles. The molecular formula is C23H16ClFN2O2. The van der Waals surface area contributed by atoms with Gasteiger partial charge in [0.05, 0.1) is 0 Å². The molecule has 0 radical (unpaired) electrons. The van der Waals surface area contributed by atoms with E-state index in [0.717, 1.165) is 5.56 Å². The first-order valence-corrected chi connectivity index (χ1v) is 9.08. The van der Waals surface area contributed by atoms with Gasteiger partial charge in [-0.05, 0) is 54.1 Å². The fourth-order valence-electron chi connectivity index (χ4n) is 2.52. The van der Waals surface area contributed by atoms with Gasteiger partial charge in [0.1, 0.15) is 29.8 Å². The summed E-state index contributed by atoms with van der Waals surface area (Å²) in [6, 6.07) is 21.6. The summed E-state index contributed by atoms with van der Waals surface area (Å²) < 4.78 is 18.7. The van der Waals surface area contributed by atoms with Crippen LogP contribution in [0.25, 0.3) is 6.08 Å². The molecule has 1 amide bonds. The van der Waals surface area contributed by atoms with E-state index >= 15 is 0 Å². The molecule has 0 aliphatic heterocycles. The average Bonchev–Trinajstić information content (AvgIpc) is 2.73. The molecule has 0 fully saturated rings. The first-order valence-electron chi connectivity index (χ1n) is 8.70. The molecule has 0 bridgehead atoms. The standard InChI is InChI=1S/C23H16ClFN2O2/c24-22-7-2-1-5-17(22)15-29-21-6-3-4-16(13-21)12-18(14-26)23(28)27-20-10-8-19(25)9-11-20/h1-13H,15H2,(H,27,28). The van der Waals surface area contributed by atoms with E-state index in [9.17, 15) is 14.4 Å². The summed E-state index contributed by atoms with van der Waals surface area (Å²) in [5.41, 5.74) is 1.80. The predicted octanol–water partition coefficient (Wildman–Crippen LogP) is 5.60. The van der Waals surface area contributed by atoms with Crippen LogP contribution in [-0.4, -0.2) is 5.91 Å². The summed E-state index contributed by atoms with van der Waals surface area (Å²) in [7, 11) is 0. The average molecular weight is 407 g/mol. The topological polar surface area (TPSA) is 62.1 Å². The number of carbonyl (C=O) groups excluding carboxylic acids is 1. The zero-order valence-corrected chi connectivity index (χ0v) is 16.0. The van der Waals surface area contributed by atoms with Crippen molar-refractivity contribution in [2.75, 3.05) is 5.32 Å². The highest BCUT2D eigenvalue weighted by Crippen LogP contribution is 2.21. The summed E-state index contributed by atoms with van der Waals surface area (Å²) in [5, 5.41) is 12.5. The van der Waals surface area contributed by atoms with Crippen molar-refractivity contribution in [2.24, 2.45) is 0 Å². The van der Waals surface area contributed by atoms with Gasteiger partial charge in [0, 0.05) is 16.3 Å². The van der Waals surface area contributed by atoms with Crippen molar-refractivity contribution in [1.82, 2.24) is 0 Å². The fourth-order valence-corrected chi connectivity index (χ4v) is 2.71. The van der Waals surface area contributed by atoms with E-state index in [0.29, 0.717) is 28.6 Å². The summed E-state index contributed by atoms with van der Waals surface area (Å²) in [4.78, 5) is 12.3. The largest absolute Gasteiger partial charge is 0.489 e. The molecule has 29 heavy (non-hydrogen) atoms. The molecule has 0 heterocycles. The van der Waals surface area contributed by atoms with Gasteiger partial charge in [-0.1, -0.05) is 41.9 Å². The Labute approximate surface area is 172 Å². The minimum absolute atomic E-state index is 0.0856. The number of amides is 1. The molecule has 4 nitrogen and oxygen atoms in total. The normalized spacial score (nSPS) is 10.9. The number of rotatable bonds is 6. The van der Waals surface area contributed by atoms with E-state index in [2.05, 4.69) is 5.32 Å². The number of nitriles is 1. The summed E-state index contributed by atoms with van der Waals surface area (Å²) in [6.07, 6.45) is 1.46. The Morgan fingerprint density at radius 2 is 1.86 bits per heavy atom. The van der Waals surface area contributed by atoms with Crippen molar-refractivity contribution >= 4 is 29.3 Å². The van der Waals surface area contributed by atoms with Crippen LogP contribution in [0, 0.1) is 17.1 Å². The van der Waals surface area contributed by atoms with Gasteiger partial charge in [-0.25, -0.2) is 4.39 Å². The van der Waals surface area contributed by atoms with Crippen LogP contribution in [0.5, 0.6) is 5.75 Å². The van der Waals surface area contributed by atoms with E-state index in [1.165, 1.54) is 30.3 Å². The van der Waals surface area contributed by atoms with Gasteiger partial charge < -0.3 is 10.1 Å². The zero-order valence-electron chi connectivity index (χ0n) is 15.2. The van der Waals surface area contributed by atoms with Crippen molar-refractivity contribution in [3.8, 4) is 11.8 Å². The molecule has 6 heteroatoms. The Kier molecular flexibility index (Phi) is 6.62. The van der Waals surface area contributed by atoms with Crippen LogP contribution in [-0.2, 0) is 11.4 Å². The number of benzene rings is 3. The maximum Gasteiger partial charge on any atom is 0.266 e. The smallest absolute Gasteiger partial charge is 0.266 e. The molecule has 0 unspecified atom stereocenters. The highest BCUT2D eigenvalue weighted by molar-refractivity contribution is 6.31. The van der Waals surface area contributed by atoms with E-state index in [-0.39, 0.29) is 5.57 Å². The van der Waals surface area contributed by atoms with Gasteiger partial charge >= 0.3 is 0 Å². The molecule has 0 aromatic heterocycles. The number of nitrogens with zero attached hydrogens (tertiary/aromatic N) is 1. The fraction of sp³-hybridized carbons (Fsp3) is 0.0435. The quantitative estimate of drug-likeness (QED) is 0.428. The Hall–Kier alpha value is -3.62. The monoisotopic (exact) mass is 406 g/mol. The van der Waals surface area contributed by atoms with Gasteiger partial charge in [0.15, 0.2) is 0 Å². The van der Waals surface area contributed by atoms with Crippen molar-refractivity contribution < 1.29 is 13.9 Å². The Morgan fingerprint density at radius 1 is 1.10 bits per heavy atom. The van der Waals surface area contributed by atoms with Gasteiger partial charge in [-0.2, -0.15) is 5.26 Å². The second kappa shape index (κ2) is 9.54. The number of ether oxygens (including phenoxy) is 1. The van der Waals surface area contributed by atoms with Crippen molar-refractivity contribution in [3.05, 3.63) is 100 Å². The van der Waals surface area contributed by atoms with Gasteiger partial charge in [0.2, 0.25) is 0 Å². The predicted molar refractivity (Wildman–Crippen MR) is 111 cm³/mol. The van der Waals surface area contributed by atoms with Crippen LogP contribution in [0.4, 0.5) is 10.1 Å². The lowest BCUT2D eigenvalue weighted by molar-refractivity contribution is -0.112. The Balaban J connectivity index is 1.71. The minimum atomic E-state index is -0.582. The number of nitrogens with one attached hydrogen (secondary N) is 1. The highest BCUT2D eigenvalue weighted by atomic mass is 35.5. The lowest BCUT2D eigenvalue weighted by Gasteiger charge is -2.08. The van der Waals surface area contributed by atoms with Crippen LogP contribution in [0.2, 0.25) is 5.02 Å². The van der Waals surface area contributed by atoms with Crippen LogP contribution >= 0.6 is 11.6 Å². The van der Waals surface area contributed by atoms with Crippen molar-refractivity contribution in [2.45, 2.75) is 6.61 Å². The molecule has 0 saturated heterocycles. The van der Waals surface area contributed by atoms with Gasteiger partial charge in [0.25, 0.3) is 5.91 Å². The third-order valence-corrected chi connectivity index (χ3v) is 4.36. The summed E-state index contributed by atoms with van der Waals surface area (Å²) in [5.74, 6) is -0.413. The van der Waals surface area contributed by atoms with E-state index < -0.39 is 11.7 Å².